The summed E-state index contributed by atoms with van der Waals surface area (Å²) in [4.78, 5) is 10.3. The number of allylic oxidation sites excluding steroid dienone is 10. The number of halogens is 1. The van der Waals surface area contributed by atoms with Crippen LogP contribution in [0, 0.1) is 5.41 Å². The molecule has 0 heterocycles. The van der Waals surface area contributed by atoms with Crippen LogP contribution in [0.5, 0.6) is 0 Å². The van der Waals surface area contributed by atoms with Crippen LogP contribution in [-0.2, 0) is 4.79 Å². The van der Waals surface area contributed by atoms with Crippen LogP contribution >= 0.6 is 0 Å². The van der Waals surface area contributed by atoms with Crippen LogP contribution in [0.15, 0.2) is 58.7 Å². The second-order valence-electron chi connectivity index (χ2n) is 6.55. The first kappa shape index (κ1) is 18.3. The Labute approximate surface area is 134 Å². The molecule has 1 aliphatic carbocycles. The van der Waals surface area contributed by atoms with E-state index in [1.165, 1.54) is 36.5 Å². The molecule has 120 valence electrons. The lowest BCUT2D eigenvalue weighted by Crippen LogP contribution is -2.19. The average Bonchev–Trinajstić information content (AvgIpc) is 2.45. The highest BCUT2D eigenvalue weighted by atomic mass is 19.1. The number of hydrogen-bond acceptors (Lipinski definition) is 1. The van der Waals surface area contributed by atoms with Crippen LogP contribution in [-0.4, -0.2) is 13.0 Å². The van der Waals surface area contributed by atoms with Gasteiger partial charge in [0.1, 0.15) is 13.0 Å². The largest absolute Gasteiger partial charge is 0.299 e. The lowest BCUT2D eigenvalue weighted by atomic mass is 9.72. The molecule has 1 aliphatic rings. The maximum Gasteiger partial charge on any atom is 0.143 e. The quantitative estimate of drug-likeness (QED) is 0.351. The highest BCUT2D eigenvalue weighted by Gasteiger charge is 2.26. The van der Waals surface area contributed by atoms with Gasteiger partial charge >= 0.3 is 0 Å². The van der Waals surface area contributed by atoms with Gasteiger partial charge in [0.2, 0.25) is 0 Å². The molecule has 2 heteroatoms. The lowest BCUT2D eigenvalue weighted by molar-refractivity contribution is -0.104. The van der Waals surface area contributed by atoms with Gasteiger partial charge in [-0.25, -0.2) is 4.39 Å². The smallest absolute Gasteiger partial charge is 0.143 e. The van der Waals surface area contributed by atoms with Gasteiger partial charge in [-0.1, -0.05) is 55.4 Å². The maximum absolute atomic E-state index is 12.6. The normalized spacial score (nSPS) is 20.2. The van der Waals surface area contributed by atoms with Crippen molar-refractivity contribution < 1.29 is 9.18 Å². The Hall–Kier alpha value is -1.70. The van der Waals surface area contributed by atoms with E-state index in [9.17, 15) is 9.18 Å². The van der Waals surface area contributed by atoms with E-state index in [0.29, 0.717) is 11.9 Å². The summed E-state index contributed by atoms with van der Waals surface area (Å²) >= 11 is 0. The predicted octanol–water partition coefficient (Wildman–Crippen LogP) is 5.67. The molecule has 0 spiro atoms. The Morgan fingerprint density at radius 2 is 2.00 bits per heavy atom. The molecule has 0 saturated carbocycles. The predicted molar refractivity (Wildman–Crippen MR) is 92.5 cm³/mol. The van der Waals surface area contributed by atoms with Crippen molar-refractivity contribution in [3.05, 3.63) is 58.7 Å². The van der Waals surface area contributed by atoms with Gasteiger partial charge in [-0.3, -0.25) is 4.79 Å². The summed E-state index contributed by atoms with van der Waals surface area (Å²) in [6.45, 7) is 8.21. The fraction of sp³-hybridized carbons (Fsp3) is 0.450. The maximum atomic E-state index is 12.6. The molecule has 0 N–H and O–H groups in total. The minimum absolute atomic E-state index is 0.239. The second-order valence-corrected chi connectivity index (χ2v) is 6.55. The van der Waals surface area contributed by atoms with Crippen LogP contribution in [0.2, 0.25) is 0 Å². The van der Waals surface area contributed by atoms with Crippen molar-refractivity contribution in [2.75, 3.05) is 6.67 Å². The number of carbonyl (C=O) groups excluding carboxylic acids is 1. The summed E-state index contributed by atoms with van der Waals surface area (Å²) in [5.74, 6) is 0. The van der Waals surface area contributed by atoms with Gasteiger partial charge in [0.05, 0.1) is 0 Å². The monoisotopic (exact) mass is 302 g/mol. The third-order valence-corrected chi connectivity index (χ3v) is 4.16. The first-order valence-electron chi connectivity index (χ1n) is 7.84. The summed E-state index contributed by atoms with van der Waals surface area (Å²) in [5.41, 5.74) is 4.63. The summed E-state index contributed by atoms with van der Waals surface area (Å²) in [6, 6.07) is 0. The van der Waals surface area contributed by atoms with Crippen LogP contribution in [0.25, 0.3) is 0 Å². The highest BCUT2D eigenvalue weighted by molar-refractivity contribution is 5.67. The molecule has 0 aromatic rings. The second kappa shape index (κ2) is 8.67. The fourth-order valence-corrected chi connectivity index (χ4v) is 2.84. The summed E-state index contributed by atoms with van der Waals surface area (Å²) in [6.07, 6.45) is 15.2. The SMILES string of the molecule is CC1=C(/C=C/C(C)=C/C=C/C(=C/C=O)CF)C(C)(C)CCC1. The molecule has 0 atom stereocenters. The third kappa shape index (κ3) is 5.59. The Morgan fingerprint density at radius 1 is 1.27 bits per heavy atom. The van der Waals surface area contributed by atoms with Crippen molar-refractivity contribution in [1.82, 2.24) is 0 Å². The Kier molecular flexibility index (Phi) is 7.23. The van der Waals surface area contributed by atoms with E-state index in [0.717, 1.165) is 5.57 Å². The molecule has 1 nitrogen and oxygen atoms in total. The average molecular weight is 302 g/mol. The number of aldehydes is 1. The van der Waals surface area contributed by atoms with Gasteiger partial charge in [-0.15, -0.1) is 0 Å². The molecule has 0 saturated heterocycles. The lowest BCUT2D eigenvalue weighted by Gasteiger charge is -2.32. The zero-order chi connectivity index (χ0) is 16.6. The van der Waals surface area contributed by atoms with Crippen LogP contribution in [0.1, 0.15) is 47.0 Å². The molecule has 22 heavy (non-hydrogen) atoms. The van der Waals surface area contributed by atoms with E-state index in [1.807, 2.05) is 13.0 Å². The van der Waals surface area contributed by atoms with E-state index >= 15 is 0 Å². The molecule has 0 unspecified atom stereocenters. The topological polar surface area (TPSA) is 17.1 Å². The highest BCUT2D eigenvalue weighted by Crippen LogP contribution is 2.40. The van der Waals surface area contributed by atoms with E-state index < -0.39 is 6.67 Å². The molecule has 0 aliphatic heterocycles. The Bertz CT molecular complexity index is 542. The van der Waals surface area contributed by atoms with Crippen molar-refractivity contribution in [2.24, 2.45) is 5.41 Å². The Balaban J connectivity index is 2.81. The van der Waals surface area contributed by atoms with Gasteiger partial charge < -0.3 is 0 Å². The third-order valence-electron chi connectivity index (χ3n) is 4.16. The van der Waals surface area contributed by atoms with Gasteiger partial charge in [0.15, 0.2) is 0 Å². The van der Waals surface area contributed by atoms with Crippen LogP contribution in [0.3, 0.4) is 0 Å². The zero-order valence-electron chi connectivity index (χ0n) is 14.2. The van der Waals surface area contributed by atoms with Crippen LogP contribution in [0.4, 0.5) is 4.39 Å². The summed E-state index contributed by atoms with van der Waals surface area (Å²) in [5, 5.41) is 0. The summed E-state index contributed by atoms with van der Waals surface area (Å²) < 4.78 is 12.6. The minimum Gasteiger partial charge on any atom is -0.299 e. The van der Waals surface area contributed by atoms with E-state index in [4.69, 9.17) is 0 Å². The molecule has 0 radical (unpaired) electrons. The molecule has 0 fully saturated rings. The molecule has 0 bridgehead atoms. The van der Waals surface area contributed by atoms with E-state index in [-0.39, 0.29) is 5.41 Å². The first-order chi connectivity index (χ1) is 10.4. The molecular weight excluding hydrogens is 275 g/mol. The van der Waals surface area contributed by atoms with Crippen LogP contribution < -0.4 is 0 Å². The van der Waals surface area contributed by atoms with Gasteiger partial charge in [0, 0.05) is 0 Å². The standard InChI is InChI=1S/C20H27FO/c1-16(7-5-9-18(15-21)12-14-22)10-11-19-17(2)8-6-13-20(19,3)4/h5,7,9-12,14H,6,8,13,15H2,1-4H3/b9-5+,11-10+,16-7+,18-12-. The number of alkyl halides is 1. The number of hydrogen-bond donors (Lipinski definition) is 0. The molecule has 0 aromatic heterocycles. The van der Waals surface area contributed by atoms with Gasteiger partial charge in [-0.2, -0.15) is 0 Å². The molecular formula is C20H27FO. The van der Waals surface area contributed by atoms with Crippen molar-refractivity contribution in [2.45, 2.75) is 47.0 Å². The summed E-state index contributed by atoms with van der Waals surface area (Å²) in [7, 11) is 0. The number of carbonyl (C=O) groups is 1. The zero-order valence-corrected chi connectivity index (χ0v) is 14.2. The molecule has 0 aromatic carbocycles. The van der Waals surface area contributed by atoms with Gasteiger partial charge in [0.25, 0.3) is 0 Å². The van der Waals surface area contributed by atoms with Crippen molar-refractivity contribution in [3.8, 4) is 0 Å². The van der Waals surface area contributed by atoms with E-state index in [2.05, 4.69) is 32.9 Å². The van der Waals surface area contributed by atoms with E-state index in [1.54, 1.807) is 12.2 Å². The van der Waals surface area contributed by atoms with Crippen molar-refractivity contribution >= 4 is 6.29 Å². The fourth-order valence-electron chi connectivity index (χ4n) is 2.84. The van der Waals surface area contributed by atoms with Gasteiger partial charge in [-0.05, 0) is 55.7 Å². The number of rotatable bonds is 6. The minimum atomic E-state index is -0.627. The molecule has 1 rings (SSSR count). The first-order valence-corrected chi connectivity index (χ1v) is 7.84. The molecule has 0 amide bonds. The van der Waals surface area contributed by atoms with Crippen molar-refractivity contribution in [3.63, 3.8) is 0 Å². The Morgan fingerprint density at radius 3 is 2.59 bits per heavy atom. The van der Waals surface area contributed by atoms with Crippen molar-refractivity contribution in [1.29, 1.82) is 0 Å².